The van der Waals surface area contributed by atoms with E-state index in [4.69, 9.17) is 5.11 Å². The molecule has 12 heavy (non-hydrogen) atoms. The Labute approximate surface area is 90.6 Å². The Kier molecular flexibility index (Phi) is 17.7. The Balaban J connectivity index is -0.000000500. The van der Waals surface area contributed by atoms with Gasteiger partial charge in [0.1, 0.15) is 0 Å². The molecule has 1 nitrogen and oxygen atoms in total. The molecule has 0 aliphatic heterocycles. The van der Waals surface area contributed by atoms with Crippen molar-refractivity contribution in [2.24, 2.45) is 0 Å². The SMILES string of the molecule is CCCCCCCCCCO.[H-].[Li+]. The van der Waals surface area contributed by atoms with Crippen LogP contribution in [0.15, 0.2) is 0 Å². The summed E-state index contributed by atoms with van der Waals surface area (Å²) in [6, 6.07) is 0. The second kappa shape index (κ2) is 14.1. The van der Waals surface area contributed by atoms with Gasteiger partial charge in [-0.3, -0.25) is 0 Å². The van der Waals surface area contributed by atoms with Gasteiger partial charge in [-0.1, -0.05) is 51.9 Å². The summed E-state index contributed by atoms with van der Waals surface area (Å²) in [5.41, 5.74) is 0. The summed E-state index contributed by atoms with van der Waals surface area (Å²) in [6.45, 7) is 2.61. The van der Waals surface area contributed by atoms with Crippen LogP contribution in [-0.4, -0.2) is 11.7 Å². The predicted molar refractivity (Wildman–Crippen MR) is 50.8 cm³/mol. The summed E-state index contributed by atoms with van der Waals surface area (Å²) in [7, 11) is 0. The van der Waals surface area contributed by atoms with Crippen LogP contribution in [0.5, 0.6) is 0 Å². The second-order valence-electron chi connectivity index (χ2n) is 3.20. The molecule has 0 saturated carbocycles. The van der Waals surface area contributed by atoms with E-state index in [1.807, 2.05) is 0 Å². The number of aliphatic hydroxyl groups excluding tert-OH is 1. The van der Waals surface area contributed by atoms with E-state index < -0.39 is 0 Å². The topological polar surface area (TPSA) is 20.2 Å². The Morgan fingerprint density at radius 1 is 0.833 bits per heavy atom. The Morgan fingerprint density at radius 3 is 1.67 bits per heavy atom. The van der Waals surface area contributed by atoms with E-state index >= 15 is 0 Å². The standard InChI is InChI=1S/C10H22O.Li.H/c1-2-3-4-5-6-7-8-9-10-11;;/h11H,2-10H2,1H3;;/q;+1;-1. The molecule has 0 atom stereocenters. The third-order valence-corrected chi connectivity index (χ3v) is 2.01. The van der Waals surface area contributed by atoms with Crippen LogP contribution in [-0.2, 0) is 0 Å². The molecule has 0 amide bonds. The largest absolute Gasteiger partial charge is 1.00 e. The maximum absolute atomic E-state index is 8.51. The van der Waals surface area contributed by atoms with E-state index in [1.54, 1.807) is 0 Å². The first kappa shape index (κ1) is 15.0. The summed E-state index contributed by atoms with van der Waals surface area (Å²) >= 11 is 0. The van der Waals surface area contributed by atoms with E-state index in [1.165, 1.54) is 44.9 Å². The summed E-state index contributed by atoms with van der Waals surface area (Å²) < 4.78 is 0. The number of hydrogen-bond donors (Lipinski definition) is 1. The van der Waals surface area contributed by atoms with E-state index in [9.17, 15) is 0 Å². The molecule has 0 radical (unpaired) electrons. The molecule has 0 aliphatic rings. The molecule has 0 saturated heterocycles. The molecule has 0 aromatic heterocycles. The maximum Gasteiger partial charge on any atom is 1.00 e. The molecule has 0 unspecified atom stereocenters. The molecule has 0 aliphatic carbocycles. The molecule has 0 bridgehead atoms. The van der Waals surface area contributed by atoms with Crippen molar-refractivity contribution >= 4 is 0 Å². The first-order chi connectivity index (χ1) is 5.41. The quantitative estimate of drug-likeness (QED) is 0.404. The molecule has 0 rings (SSSR count). The van der Waals surface area contributed by atoms with E-state index in [0.717, 1.165) is 6.42 Å². The van der Waals surface area contributed by atoms with Gasteiger partial charge in [-0.05, 0) is 6.42 Å². The van der Waals surface area contributed by atoms with Crippen LogP contribution in [0.3, 0.4) is 0 Å². The molecule has 0 fully saturated rings. The molecule has 1 N–H and O–H groups in total. The molecular formula is C10H23LiO. The second-order valence-corrected chi connectivity index (χ2v) is 3.20. The van der Waals surface area contributed by atoms with Gasteiger partial charge in [0.15, 0.2) is 0 Å². The summed E-state index contributed by atoms with van der Waals surface area (Å²) in [5, 5.41) is 8.51. The molecule has 0 aromatic carbocycles. The van der Waals surface area contributed by atoms with Crippen molar-refractivity contribution in [3.63, 3.8) is 0 Å². The van der Waals surface area contributed by atoms with Crippen molar-refractivity contribution in [3.8, 4) is 0 Å². The van der Waals surface area contributed by atoms with Gasteiger partial charge in [-0.15, -0.1) is 0 Å². The van der Waals surface area contributed by atoms with Gasteiger partial charge >= 0.3 is 18.9 Å². The smallest absolute Gasteiger partial charge is 1.00 e. The monoisotopic (exact) mass is 166 g/mol. The number of rotatable bonds is 8. The average molecular weight is 166 g/mol. The molecule has 70 valence electrons. The summed E-state index contributed by atoms with van der Waals surface area (Å²) in [6.07, 6.45) is 10.4. The Bertz CT molecular complexity index is 63.9. The number of aliphatic hydroxyl groups is 1. The van der Waals surface area contributed by atoms with E-state index in [2.05, 4.69) is 6.92 Å². The average Bonchev–Trinajstić information content (AvgIpc) is 2.03. The van der Waals surface area contributed by atoms with Crippen molar-refractivity contribution in [2.75, 3.05) is 6.61 Å². The minimum atomic E-state index is 0. The van der Waals surface area contributed by atoms with Crippen molar-refractivity contribution in [1.82, 2.24) is 0 Å². The van der Waals surface area contributed by atoms with Gasteiger partial charge in [-0.25, -0.2) is 0 Å². The van der Waals surface area contributed by atoms with Crippen LogP contribution >= 0.6 is 0 Å². The fourth-order valence-corrected chi connectivity index (χ4v) is 1.25. The fraction of sp³-hybridized carbons (Fsp3) is 1.00. The van der Waals surface area contributed by atoms with Crippen molar-refractivity contribution in [2.45, 2.75) is 58.3 Å². The van der Waals surface area contributed by atoms with Crippen LogP contribution in [0.25, 0.3) is 0 Å². The van der Waals surface area contributed by atoms with Gasteiger partial charge in [0.25, 0.3) is 0 Å². The third kappa shape index (κ3) is 13.2. The zero-order valence-electron chi connectivity index (χ0n) is 9.81. The fourth-order valence-electron chi connectivity index (χ4n) is 1.25. The Hall–Kier alpha value is 0.557. The summed E-state index contributed by atoms with van der Waals surface area (Å²) in [4.78, 5) is 0. The molecule has 2 heteroatoms. The van der Waals surface area contributed by atoms with Crippen LogP contribution in [0.2, 0.25) is 0 Å². The maximum atomic E-state index is 8.51. The first-order valence-corrected chi connectivity index (χ1v) is 5.02. The van der Waals surface area contributed by atoms with Gasteiger partial charge < -0.3 is 6.53 Å². The van der Waals surface area contributed by atoms with Gasteiger partial charge in [-0.2, -0.15) is 0 Å². The third-order valence-electron chi connectivity index (χ3n) is 2.01. The van der Waals surface area contributed by atoms with Crippen molar-refractivity contribution < 1.29 is 25.4 Å². The predicted octanol–water partition coefficient (Wildman–Crippen LogP) is 0.236. The van der Waals surface area contributed by atoms with Crippen molar-refractivity contribution in [1.29, 1.82) is 0 Å². The van der Waals surface area contributed by atoms with Crippen LogP contribution < -0.4 is 18.9 Å². The van der Waals surface area contributed by atoms with Crippen LogP contribution in [0.4, 0.5) is 0 Å². The minimum Gasteiger partial charge on any atom is -1.00 e. The van der Waals surface area contributed by atoms with Gasteiger partial charge in [0.05, 0.1) is 0 Å². The molecular weight excluding hydrogens is 143 g/mol. The first-order valence-electron chi connectivity index (χ1n) is 5.02. The molecule has 0 aromatic rings. The molecule has 0 heterocycles. The van der Waals surface area contributed by atoms with Gasteiger partial charge in [0, 0.05) is 6.61 Å². The number of hydrogen-bond acceptors (Lipinski definition) is 1. The summed E-state index contributed by atoms with van der Waals surface area (Å²) in [5.74, 6) is 0. The number of unbranched alkanes of at least 4 members (excludes halogenated alkanes) is 7. The molecule has 0 spiro atoms. The van der Waals surface area contributed by atoms with Crippen molar-refractivity contribution in [3.05, 3.63) is 0 Å². The van der Waals surface area contributed by atoms with E-state index in [0.29, 0.717) is 6.61 Å². The van der Waals surface area contributed by atoms with Gasteiger partial charge in [0.2, 0.25) is 0 Å². The zero-order valence-corrected chi connectivity index (χ0v) is 8.81. The Morgan fingerprint density at radius 2 is 1.25 bits per heavy atom. The van der Waals surface area contributed by atoms with Crippen LogP contribution in [0, 0.1) is 0 Å². The minimum absolute atomic E-state index is 0. The van der Waals surface area contributed by atoms with E-state index in [-0.39, 0.29) is 20.3 Å². The zero-order chi connectivity index (χ0) is 8.36. The van der Waals surface area contributed by atoms with Crippen LogP contribution in [0.1, 0.15) is 59.7 Å². The normalized spacial score (nSPS) is 9.50.